The maximum atomic E-state index is 11.9. The molecule has 1 fully saturated rings. The lowest BCUT2D eigenvalue weighted by Crippen LogP contribution is -2.49. The molecule has 0 bridgehead atoms. The van der Waals surface area contributed by atoms with Crippen LogP contribution in [0.2, 0.25) is 0 Å². The Balaban J connectivity index is 0.000000956. The largest absolute Gasteiger partial charge is 0.340 e. The highest BCUT2D eigenvalue weighted by Gasteiger charge is 2.22. The van der Waals surface area contributed by atoms with Gasteiger partial charge in [0.25, 0.3) is 0 Å². The molecule has 1 aliphatic rings. The van der Waals surface area contributed by atoms with Crippen molar-refractivity contribution < 1.29 is 4.79 Å². The summed E-state index contributed by atoms with van der Waals surface area (Å²) >= 11 is 1.87. The molecule has 0 aliphatic carbocycles. The van der Waals surface area contributed by atoms with Crippen molar-refractivity contribution >= 4 is 17.2 Å². The van der Waals surface area contributed by atoms with Gasteiger partial charge >= 0.3 is 0 Å². The Hall–Kier alpha value is -0.870. The minimum Gasteiger partial charge on any atom is -0.340 e. The van der Waals surface area contributed by atoms with E-state index in [0.29, 0.717) is 5.91 Å². The first-order valence-electron chi connectivity index (χ1n) is 7.62. The summed E-state index contributed by atoms with van der Waals surface area (Å²) in [6.07, 6.45) is 0. The number of carbonyl (C=O) groups is 1. The van der Waals surface area contributed by atoms with Gasteiger partial charge in [-0.05, 0) is 19.1 Å². The van der Waals surface area contributed by atoms with Crippen LogP contribution in [0.5, 0.6) is 0 Å². The summed E-state index contributed by atoms with van der Waals surface area (Å²) in [6, 6.07) is 4.39. The van der Waals surface area contributed by atoms with Gasteiger partial charge in [0, 0.05) is 48.4 Å². The van der Waals surface area contributed by atoms with E-state index in [0.717, 1.165) is 32.7 Å². The van der Waals surface area contributed by atoms with E-state index in [9.17, 15) is 4.79 Å². The maximum Gasteiger partial charge on any atom is 0.225 e. The Labute approximate surface area is 127 Å². The molecule has 0 unspecified atom stereocenters. The Kier molecular flexibility index (Phi) is 7.24. The van der Waals surface area contributed by atoms with Crippen molar-refractivity contribution in [2.24, 2.45) is 5.92 Å². The summed E-state index contributed by atoms with van der Waals surface area (Å²) in [4.78, 5) is 19.1. The molecule has 1 amide bonds. The van der Waals surface area contributed by atoms with Crippen molar-refractivity contribution in [3.63, 3.8) is 0 Å². The zero-order valence-corrected chi connectivity index (χ0v) is 14.3. The standard InChI is InChI=1S/C14H22N2OS.C2H6/c1-11(2)14(17)16-8-6-15(7-9-16)10-13-5-4-12(3)18-13;1-2/h4-5,11H,6-10H2,1-3H3;1-2H3. The highest BCUT2D eigenvalue weighted by atomic mass is 32.1. The first-order chi connectivity index (χ1) is 9.56. The van der Waals surface area contributed by atoms with Crippen molar-refractivity contribution in [3.05, 3.63) is 21.9 Å². The average molecular weight is 296 g/mol. The van der Waals surface area contributed by atoms with Crippen LogP contribution in [-0.2, 0) is 11.3 Å². The number of nitrogens with zero attached hydrogens (tertiary/aromatic N) is 2. The molecule has 4 heteroatoms. The maximum absolute atomic E-state index is 11.9. The van der Waals surface area contributed by atoms with Gasteiger partial charge in [0.15, 0.2) is 0 Å². The van der Waals surface area contributed by atoms with Crippen LogP contribution in [0.3, 0.4) is 0 Å². The van der Waals surface area contributed by atoms with Gasteiger partial charge in [-0.15, -0.1) is 11.3 Å². The summed E-state index contributed by atoms with van der Waals surface area (Å²) < 4.78 is 0. The lowest BCUT2D eigenvalue weighted by atomic mass is 10.1. The Morgan fingerprint density at radius 2 is 1.80 bits per heavy atom. The predicted octanol–water partition coefficient (Wildman–Crippen LogP) is 3.38. The lowest BCUT2D eigenvalue weighted by Gasteiger charge is -2.35. The number of hydrogen-bond donors (Lipinski definition) is 0. The number of rotatable bonds is 3. The van der Waals surface area contributed by atoms with Crippen LogP contribution >= 0.6 is 11.3 Å². The molecule has 0 atom stereocenters. The molecule has 3 nitrogen and oxygen atoms in total. The van der Waals surface area contributed by atoms with E-state index >= 15 is 0 Å². The molecule has 20 heavy (non-hydrogen) atoms. The average Bonchev–Trinajstić information content (AvgIpc) is 2.86. The van der Waals surface area contributed by atoms with Gasteiger partial charge in [-0.3, -0.25) is 9.69 Å². The van der Waals surface area contributed by atoms with Crippen molar-refractivity contribution in [3.8, 4) is 0 Å². The van der Waals surface area contributed by atoms with Crippen molar-refractivity contribution in [2.45, 2.75) is 41.2 Å². The van der Waals surface area contributed by atoms with Gasteiger partial charge in [-0.2, -0.15) is 0 Å². The normalized spacial score (nSPS) is 16.0. The lowest BCUT2D eigenvalue weighted by molar-refractivity contribution is -0.136. The van der Waals surface area contributed by atoms with E-state index in [1.54, 1.807) is 0 Å². The number of amides is 1. The molecule has 0 radical (unpaired) electrons. The second-order valence-corrected chi connectivity index (χ2v) is 6.64. The van der Waals surface area contributed by atoms with Crippen molar-refractivity contribution in [1.29, 1.82) is 0 Å². The monoisotopic (exact) mass is 296 g/mol. The van der Waals surface area contributed by atoms with Gasteiger partial charge in [0.1, 0.15) is 0 Å². The molecule has 0 aromatic carbocycles. The fourth-order valence-corrected chi connectivity index (χ4v) is 3.21. The summed E-state index contributed by atoms with van der Waals surface area (Å²) in [5.74, 6) is 0.415. The number of aryl methyl sites for hydroxylation is 1. The minimum absolute atomic E-state index is 0.122. The molecule has 0 N–H and O–H groups in total. The molecular formula is C16H28N2OS. The Bertz CT molecular complexity index is 406. The van der Waals surface area contributed by atoms with E-state index in [2.05, 4.69) is 24.0 Å². The van der Waals surface area contributed by atoms with E-state index in [4.69, 9.17) is 0 Å². The fourth-order valence-electron chi connectivity index (χ4n) is 2.28. The second kappa shape index (κ2) is 8.42. The van der Waals surface area contributed by atoms with Crippen LogP contribution in [0.4, 0.5) is 0 Å². The Morgan fingerprint density at radius 3 is 2.25 bits per heavy atom. The summed E-state index contributed by atoms with van der Waals surface area (Å²) in [5, 5.41) is 0. The quantitative estimate of drug-likeness (QED) is 0.853. The van der Waals surface area contributed by atoms with Crippen LogP contribution in [0, 0.1) is 12.8 Å². The van der Waals surface area contributed by atoms with Crippen LogP contribution in [-0.4, -0.2) is 41.9 Å². The van der Waals surface area contributed by atoms with Gasteiger partial charge in [0.2, 0.25) is 5.91 Å². The van der Waals surface area contributed by atoms with Gasteiger partial charge < -0.3 is 4.90 Å². The molecule has 2 rings (SSSR count). The van der Waals surface area contributed by atoms with E-state index in [-0.39, 0.29) is 5.92 Å². The SMILES string of the molecule is CC.Cc1ccc(CN2CCN(C(=O)C(C)C)CC2)s1. The molecule has 1 aromatic rings. The molecule has 1 saturated heterocycles. The minimum atomic E-state index is 0.122. The molecule has 2 heterocycles. The van der Waals surface area contributed by atoms with E-state index < -0.39 is 0 Å². The fraction of sp³-hybridized carbons (Fsp3) is 0.688. The third-order valence-electron chi connectivity index (χ3n) is 3.35. The Morgan fingerprint density at radius 1 is 1.20 bits per heavy atom. The summed E-state index contributed by atoms with van der Waals surface area (Å²) in [7, 11) is 0. The predicted molar refractivity (Wildman–Crippen MR) is 87.1 cm³/mol. The number of carbonyl (C=O) groups excluding carboxylic acids is 1. The molecule has 1 aromatic heterocycles. The number of piperazine rings is 1. The van der Waals surface area contributed by atoms with Gasteiger partial charge in [-0.1, -0.05) is 27.7 Å². The van der Waals surface area contributed by atoms with E-state index in [1.165, 1.54) is 9.75 Å². The van der Waals surface area contributed by atoms with Gasteiger partial charge in [0.05, 0.1) is 0 Å². The van der Waals surface area contributed by atoms with Crippen LogP contribution in [0.15, 0.2) is 12.1 Å². The number of thiophene rings is 1. The molecule has 0 spiro atoms. The topological polar surface area (TPSA) is 23.6 Å². The van der Waals surface area contributed by atoms with Crippen LogP contribution in [0.1, 0.15) is 37.4 Å². The molecular weight excluding hydrogens is 268 g/mol. The highest BCUT2D eigenvalue weighted by molar-refractivity contribution is 7.11. The highest BCUT2D eigenvalue weighted by Crippen LogP contribution is 2.18. The first kappa shape index (κ1) is 17.2. The second-order valence-electron chi connectivity index (χ2n) is 5.27. The van der Waals surface area contributed by atoms with Crippen LogP contribution in [0.25, 0.3) is 0 Å². The first-order valence-corrected chi connectivity index (χ1v) is 8.44. The van der Waals surface area contributed by atoms with Crippen molar-refractivity contribution in [1.82, 2.24) is 9.80 Å². The third kappa shape index (κ3) is 4.91. The molecule has 1 aliphatic heterocycles. The van der Waals surface area contributed by atoms with Gasteiger partial charge in [-0.25, -0.2) is 0 Å². The smallest absolute Gasteiger partial charge is 0.225 e. The number of hydrogen-bond acceptors (Lipinski definition) is 3. The summed E-state index contributed by atoms with van der Waals surface area (Å²) in [5.41, 5.74) is 0. The van der Waals surface area contributed by atoms with Crippen molar-refractivity contribution in [2.75, 3.05) is 26.2 Å². The third-order valence-corrected chi connectivity index (χ3v) is 4.34. The summed E-state index contributed by atoms with van der Waals surface area (Å²) in [6.45, 7) is 14.9. The zero-order chi connectivity index (χ0) is 15.1. The zero-order valence-electron chi connectivity index (χ0n) is 13.5. The molecule has 114 valence electrons. The van der Waals surface area contributed by atoms with Crippen LogP contribution < -0.4 is 0 Å². The molecule has 0 saturated carbocycles. The van der Waals surface area contributed by atoms with E-state index in [1.807, 2.05) is 43.9 Å².